The van der Waals surface area contributed by atoms with E-state index in [1.807, 2.05) is 5.38 Å². The topological polar surface area (TPSA) is 87.4 Å². The van der Waals surface area contributed by atoms with Gasteiger partial charge in [0.25, 0.3) is 0 Å². The largest absolute Gasteiger partial charge is 0.455 e. The van der Waals surface area contributed by atoms with Crippen molar-refractivity contribution in [2.45, 2.75) is 13.5 Å². The van der Waals surface area contributed by atoms with E-state index in [9.17, 15) is 4.79 Å². The van der Waals surface area contributed by atoms with Crippen molar-refractivity contribution in [1.82, 2.24) is 15.4 Å². The number of nitrogens with two attached hydrogens (primary N) is 1. The Kier molecular flexibility index (Phi) is 4.93. The number of carbonyl (C=O) groups excluding carboxylic acids is 1. The molecule has 0 aromatic carbocycles. The minimum absolute atomic E-state index is 0.113. The van der Waals surface area contributed by atoms with Gasteiger partial charge >= 0.3 is 5.13 Å². The first-order valence-electron chi connectivity index (χ1n) is 6.36. The maximum atomic E-state index is 10.9. The van der Waals surface area contributed by atoms with Crippen molar-refractivity contribution in [3.8, 4) is 23.8 Å². The van der Waals surface area contributed by atoms with Crippen molar-refractivity contribution in [2.75, 3.05) is 6.54 Å². The van der Waals surface area contributed by atoms with E-state index in [2.05, 4.69) is 22.9 Å². The third-order valence-corrected chi connectivity index (χ3v) is 3.56. The molecule has 0 aliphatic rings. The minimum Gasteiger partial charge on any atom is -0.455 e. The molecule has 0 aliphatic heterocycles. The highest BCUT2D eigenvalue weighted by molar-refractivity contribution is 7.13. The van der Waals surface area contributed by atoms with Crippen molar-refractivity contribution >= 4 is 29.1 Å². The second-order valence-corrected chi connectivity index (χ2v) is 5.23. The maximum absolute atomic E-state index is 10.9. The Hall–Kier alpha value is -2.63. The van der Waals surface area contributed by atoms with Crippen LogP contribution in [0.3, 0.4) is 0 Å². The Morgan fingerprint density at radius 2 is 2.45 bits per heavy atom. The van der Waals surface area contributed by atoms with E-state index in [1.165, 1.54) is 28.1 Å². The molecule has 2 heterocycles. The number of furan rings is 1. The summed E-state index contributed by atoms with van der Waals surface area (Å²) in [4.78, 5) is 15.3. The lowest BCUT2D eigenvalue weighted by Crippen LogP contribution is -2.37. The van der Waals surface area contributed by atoms with Crippen LogP contribution in [-0.2, 0) is 11.3 Å². The van der Waals surface area contributed by atoms with Crippen LogP contribution in [0, 0.1) is 12.3 Å². The molecule has 0 fully saturated rings. The number of rotatable bonds is 6. The predicted molar refractivity (Wildman–Crippen MR) is 84.1 cm³/mol. The number of hydrazone groups is 1. The van der Waals surface area contributed by atoms with E-state index in [4.69, 9.17) is 16.7 Å². The molecule has 2 aromatic rings. The van der Waals surface area contributed by atoms with Crippen molar-refractivity contribution in [3.05, 3.63) is 23.3 Å². The minimum atomic E-state index is -0.113. The molecule has 22 heavy (non-hydrogen) atoms. The van der Waals surface area contributed by atoms with E-state index in [0.29, 0.717) is 28.9 Å². The summed E-state index contributed by atoms with van der Waals surface area (Å²) in [6, 6.07) is 3.59. The number of aromatic nitrogens is 1. The molecule has 0 bridgehead atoms. The summed E-state index contributed by atoms with van der Waals surface area (Å²) in [5.41, 5.74) is 0.664. The lowest BCUT2D eigenvalue weighted by Gasteiger charge is -2.11. The van der Waals surface area contributed by atoms with Crippen LogP contribution in [0.25, 0.3) is 11.5 Å². The second kappa shape index (κ2) is 6.89. The van der Waals surface area contributed by atoms with Crippen LogP contribution in [0.2, 0.25) is 0 Å². The third-order valence-electron chi connectivity index (χ3n) is 2.70. The molecule has 0 atom stereocenters. The van der Waals surface area contributed by atoms with Crippen LogP contribution in [0.15, 0.2) is 21.9 Å². The summed E-state index contributed by atoms with van der Waals surface area (Å²) in [5, 5.41) is 6.37. The second-order valence-electron chi connectivity index (χ2n) is 4.39. The molecule has 114 valence electrons. The van der Waals surface area contributed by atoms with E-state index in [1.54, 1.807) is 12.1 Å². The van der Waals surface area contributed by atoms with Gasteiger partial charge in [0.15, 0.2) is 5.76 Å². The van der Waals surface area contributed by atoms with E-state index < -0.39 is 0 Å². The molecule has 1 amide bonds. The molecule has 3 N–H and O–H groups in total. The molecule has 2 rings (SSSR count). The van der Waals surface area contributed by atoms with Crippen LogP contribution >= 0.6 is 11.3 Å². The highest BCUT2D eigenvalue weighted by atomic mass is 32.1. The molecule has 7 nitrogen and oxygen atoms in total. The number of amides is 1. The fraction of sp³-hybridized carbons (Fsp3) is 0.214. The van der Waals surface area contributed by atoms with Crippen LogP contribution in [0.1, 0.15) is 12.7 Å². The van der Waals surface area contributed by atoms with Crippen LogP contribution in [0.5, 0.6) is 0 Å². The molecule has 0 spiro atoms. The highest BCUT2D eigenvalue weighted by Crippen LogP contribution is 2.27. The lowest BCUT2D eigenvalue weighted by atomic mass is 10.3. The third kappa shape index (κ3) is 3.72. The van der Waals surface area contributed by atoms with E-state index >= 15 is 0 Å². The molecule has 2 aromatic heterocycles. The average molecular weight is 318 g/mol. The Bertz CT molecular complexity index is 728. The molecule has 0 unspecified atom stereocenters. The van der Waals surface area contributed by atoms with Crippen molar-refractivity contribution in [3.63, 3.8) is 0 Å². The molecular formula is C14H16N5O2S+. The number of hydrogen-bond donors (Lipinski definition) is 2. The zero-order chi connectivity index (χ0) is 16.1. The summed E-state index contributed by atoms with van der Waals surface area (Å²) in [7, 11) is 0. The Labute approximate surface area is 132 Å². The Morgan fingerprint density at radius 1 is 1.68 bits per heavy atom. The molecule has 0 aliphatic carbocycles. The Balaban J connectivity index is 2.10. The molecule has 0 radical (unpaired) electrons. The van der Waals surface area contributed by atoms with Crippen LogP contribution < -0.4 is 11.2 Å². The van der Waals surface area contributed by atoms with Gasteiger partial charge in [0.2, 0.25) is 11.6 Å². The number of nitrogens with zero attached hydrogens (tertiary/aromatic N) is 3. The number of hydrogen-bond acceptors (Lipinski definition) is 6. The SMILES string of the molecule is C#CCN(N)[N+](=C)c1nc(-c2ccc(CNC(C)=O)o2)cs1. The highest BCUT2D eigenvalue weighted by Gasteiger charge is 2.21. The molecule has 0 saturated heterocycles. The van der Waals surface area contributed by atoms with E-state index in [-0.39, 0.29) is 12.5 Å². The molecule has 8 heteroatoms. The van der Waals surface area contributed by atoms with Gasteiger partial charge < -0.3 is 9.73 Å². The Morgan fingerprint density at radius 3 is 3.14 bits per heavy atom. The zero-order valence-electron chi connectivity index (χ0n) is 12.1. The fourth-order valence-corrected chi connectivity index (χ4v) is 2.37. The average Bonchev–Trinajstić information content (AvgIpc) is 3.13. The number of terminal acetylenes is 1. The summed E-state index contributed by atoms with van der Waals surface area (Å²) in [6.45, 7) is 5.81. The van der Waals surface area contributed by atoms with Gasteiger partial charge in [-0.2, -0.15) is 5.12 Å². The summed E-state index contributed by atoms with van der Waals surface area (Å²) in [6.07, 6.45) is 5.21. The van der Waals surface area contributed by atoms with E-state index in [0.717, 1.165) is 0 Å². The van der Waals surface area contributed by atoms with Crippen LogP contribution in [0.4, 0.5) is 5.13 Å². The van der Waals surface area contributed by atoms with Crippen molar-refractivity contribution in [2.24, 2.45) is 5.84 Å². The number of nitrogens with one attached hydrogen (secondary N) is 1. The monoisotopic (exact) mass is 318 g/mol. The van der Waals surface area contributed by atoms with Gasteiger partial charge in [-0.1, -0.05) is 5.92 Å². The normalized spacial score (nSPS) is 10.0. The van der Waals surface area contributed by atoms with Gasteiger partial charge in [-0.25, -0.2) is 5.84 Å². The van der Waals surface area contributed by atoms with Crippen molar-refractivity contribution in [1.29, 1.82) is 0 Å². The van der Waals surface area contributed by atoms with Crippen molar-refractivity contribution < 1.29 is 13.9 Å². The summed E-state index contributed by atoms with van der Waals surface area (Å²) >= 11 is 1.37. The summed E-state index contributed by atoms with van der Waals surface area (Å²) in [5.74, 6) is 9.31. The summed E-state index contributed by atoms with van der Waals surface area (Å²) < 4.78 is 7.06. The first-order valence-corrected chi connectivity index (χ1v) is 7.24. The number of carbonyl (C=O) groups is 1. The maximum Gasteiger partial charge on any atom is 0.407 e. The van der Waals surface area contributed by atoms with Gasteiger partial charge in [-0.3, -0.25) is 4.79 Å². The predicted octanol–water partition coefficient (Wildman–Crippen LogP) is 1.11. The fourth-order valence-electron chi connectivity index (χ4n) is 1.61. The van der Waals surface area contributed by atoms with Gasteiger partial charge in [-0.15, -0.1) is 11.1 Å². The quantitative estimate of drug-likeness (QED) is 0.274. The molecule has 0 saturated carbocycles. The number of thiazole rings is 1. The zero-order valence-corrected chi connectivity index (χ0v) is 12.9. The molecular weight excluding hydrogens is 302 g/mol. The lowest BCUT2D eigenvalue weighted by molar-refractivity contribution is -0.616. The van der Waals surface area contributed by atoms with Gasteiger partial charge in [-0.05, 0) is 28.5 Å². The first-order chi connectivity index (χ1) is 10.5. The van der Waals surface area contributed by atoms with Crippen LogP contribution in [-0.4, -0.2) is 34.0 Å². The van der Waals surface area contributed by atoms with Gasteiger partial charge in [0.1, 0.15) is 12.3 Å². The number of hydrazine groups is 2. The standard InChI is InChI=1S/C14H15N5O2S/c1-4-7-19(15)18(3)14-17-12(9-22-14)13-6-5-11(21-13)8-16-10(2)20/h1,5-6,9H,3,7-8,15H2,2H3/p+1. The van der Waals surface area contributed by atoms with Gasteiger partial charge in [0.05, 0.1) is 18.6 Å². The first kappa shape index (κ1) is 15.8. The van der Waals surface area contributed by atoms with Gasteiger partial charge in [0, 0.05) is 6.92 Å². The smallest absolute Gasteiger partial charge is 0.407 e.